The Morgan fingerprint density at radius 3 is 2.55 bits per heavy atom. The van der Waals surface area contributed by atoms with E-state index in [0.29, 0.717) is 11.3 Å². The largest absolute Gasteiger partial charge is 0.573 e. The van der Waals surface area contributed by atoms with Crippen molar-refractivity contribution in [3.63, 3.8) is 0 Å². The highest BCUT2D eigenvalue weighted by Crippen LogP contribution is 2.34. The second-order valence-corrected chi connectivity index (χ2v) is 4.45. The third kappa shape index (κ3) is 4.45. The second-order valence-electron chi connectivity index (χ2n) is 4.45. The number of rotatable bonds is 3. The van der Waals surface area contributed by atoms with Gasteiger partial charge in [-0.15, -0.1) is 25.6 Å². The van der Waals surface area contributed by atoms with Crippen LogP contribution in [-0.4, -0.2) is 20.0 Å². The molecule has 1 saturated heterocycles. The molecular weight excluding hydrogens is 295 g/mol. The Morgan fingerprint density at radius 1 is 1.25 bits per heavy atom. The van der Waals surface area contributed by atoms with Crippen molar-refractivity contribution in [3.8, 4) is 11.5 Å². The summed E-state index contributed by atoms with van der Waals surface area (Å²) in [7, 11) is 1.51. The molecule has 1 aromatic carbocycles. The minimum Gasteiger partial charge on any atom is -0.496 e. The van der Waals surface area contributed by atoms with Crippen LogP contribution in [0.15, 0.2) is 18.2 Å². The Bertz CT molecular complexity index is 434. The quantitative estimate of drug-likeness (QED) is 0.920. The molecular formula is C13H17ClF3NO2. The molecule has 3 nitrogen and oxygen atoms in total. The van der Waals surface area contributed by atoms with Crippen molar-refractivity contribution in [2.45, 2.75) is 31.7 Å². The van der Waals surface area contributed by atoms with Gasteiger partial charge in [0.15, 0.2) is 0 Å². The highest BCUT2D eigenvalue weighted by atomic mass is 35.5. The zero-order chi connectivity index (χ0) is 13.9. The molecule has 0 aliphatic carbocycles. The third-order valence-corrected chi connectivity index (χ3v) is 3.12. The highest BCUT2D eigenvalue weighted by Gasteiger charge is 2.31. The van der Waals surface area contributed by atoms with E-state index in [4.69, 9.17) is 4.74 Å². The lowest BCUT2D eigenvalue weighted by Crippen LogP contribution is -2.27. The summed E-state index contributed by atoms with van der Waals surface area (Å²) in [5.41, 5.74) is 0.712. The predicted octanol–water partition coefficient (Wildman–Crippen LogP) is 3.83. The smallest absolute Gasteiger partial charge is 0.496 e. The number of piperidine rings is 1. The summed E-state index contributed by atoms with van der Waals surface area (Å²) in [6.07, 6.45) is -1.67. The lowest BCUT2D eigenvalue weighted by atomic mass is 9.96. The Hall–Kier alpha value is -1.14. The van der Waals surface area contributed by atoms with E-state index in [2.05, 4.69) is 10.1 Å². The maximum atomic E-state index is 12.2. The summed E-state index contributed by atoms with van der Waals surface area (Å²) in [4.78, 5) is 0. The predicted molar refractivity (Wildman–Crippen MR) is 71.5 cm³/mol. The number of halogens is 4. The van der Waals surface area contributed by atoms with Crippen molar-refractivity contribution < 1.29 is 22.6 Å². The van der Waals surface area contributed by atoms with Crippen molar-refractivity contribution >= 4 is 12.4 Å². The van der Waals surface area contributed by atoms with E-state index in [0.717, 1.165) is 25.8 Å². The van der Waals surface area contributed by atoms with Gasteiger partial charge in [0.1, 0.15) is 11.5 Å². The number of hydrogen-bond acceptors (Lipinski definition) is 3. The minimum absolute atomic E-state index is 0. The normalized spacial score (nSPS) is 19.1. The Morgan fingerprint density at radius 2 is 2.00 bits per heavy atom. The van der Waals surface area contributed by atoms with Crippen LogP contribution in [0, 0.1) is 0 Å². The summed E-state index contributed by atoms with van der Waals surface area (Å²) in [6.45, 7) is 0.859. The van der Waals surface area contributed by atoms with Gasteiger partial charge in [-0.05, 0) is 37.6 Å². The maximum absolute atomic E-state index is 12.2. The molecule has 1 aliphatic heterocycles. The average molecular weight is 312 g/mol. The van der Waals surface area contributed by atoms with E-state index in [-0.39, 0.29) is 24.2 Å². The molecule has 7 heteroatoms. The Kier molecular flexibility index (Phi) is 5.95. The number of ether oxygens (including phenoxy) is 2. The van der Waals surface area contributed by atoms with Crippen LogP contribution >= 0.6 is 12.4 Å². The van der Waals surface area contributed by atoms with Crippen molar-refractivity contribution in [3.05, 3.63) is 23.8 Å². The molecule has 0 saturated carbocycles. The van der Waals surface area contributed by atoms with Gasteiger partial charge in [-0.3, -0.25) is 0 Å². The maximum Gasteiger partial charge on any atom is 0.573 e. The van der Waals surface area contributed by atoms with Gasteiger partial charge in [-0.2, -0.15) is 0 Å². The fourth-order valence-electron chi connectivity index (χ4n) is 2.30. The first-order valence-corrected chi connectivity index (χ1v) is 6.16. The molecule has 0 spiro atoms. The summed E-state index contributed by atoms with van der Waals surface area (Å²) in [6, 6.07) is 4.18. The van der Waals surface area contributed by atoms with Crippen molar-refractivity contribution in [1.82, 2.24) is 5.32 Å². The SMILES string of the molecule is COc1ccc(OC(F)(F)F)cc1[C@H]1CCCCN1.Cl. The fourth-order valence-corrected chi connectivity index (χ4v) is 2.30. The second kappa shape index (κ2) is 7.04. The van der Waals surface area contributed by atoms with Crippen molar-refractivity contribution in [1.29, 1.82) is 0 Å². The third-order valence-electron chi connectivity index (χ3n) is 3.12. The molecule has 0 radical (unpaired) electrons. The monoisotopic (exact) mass is 311 g/mol. The van der Waals surface area contributed by atoms with Crippen LogP contribution in [0.5, 0.6) is 11.5 Å². The zero-order valence-electron chi connectivity index (χ0n) is 11.0. The first-order chi connectivity index (χ1) is 8.99. The Labute approximate surface area is 121 Å². The number of hydrogen-bond donors (Lipinski definition) is 1. The van der Waals surface area contributed by atoms with Gasteiger partial charge >= 0.3 is 6.36 Å². The van der Waals surface area contributed by atoms with Gasteiger partial charge in [0, 0.05) is 11.6 Å². The standard InChI is InChI=1S/C13H16F3NO2.ClH/c1-18-12-6-5-9(19-13(14,15)16)8-10(12)11-4-2-3-7-17-11;/h5-6,8,11,17H,2-4,7H2,1H3;1H/t11-;/m1./s1. The van der Waals surface area contributed by atoms with Gasteiger partial charge in [-0.1, -0.05) is 6.42 Å². The Balaban J connectivity index is 0.00000200. The van der Waals surface area contributed by atoms with Crippen molar-refractivity contribution in [2.24, 2.45) is 0 Å². The van der Waals surface area contributed by atoms with Gasteiger partial charge in [0.25, 0.3) is 0 Å². The van der Waals surface area contributed by atoms with Gasteiger partial charge in [0.2, 0.25) is 0 Å². The molecule has 2 rings (SSSR count). The van der Waals surface area contributed by atoms with Crippen molar-refractivity contribution in [2.75, 3.05) is 13.7 Å². The first kappa shape index (κ1) is 16.9. The van der Waals surface area contributed by atoms with Crippen LogP contribution in [0.2, 0.25) is 0 Å². The molecule has 1 aliphatic rings. The molecule has 1 aromatic rings. The van der Waals surface area contributed by atoms with Gasteiger partial charge in [0.05, 0.1) is 7.11 Å². The molecule has 0 bridgehead atoms. The molecule has 0 unspecified atom stereocenters. The van der Waals surface area contributed by atoms with E-state index in [9.17, 15) is 13.2 Å². The molecule has 1 fully saturated rings. The molecule has 0 aromatic heterocycles. The number of methoxy groups -OCH3 is 1. The summed E-state index contributed by atoms with van der Waals surface area (Å²) >= 11 is 0. The summed E-state index contributed by atoms with van der Waals surface area (Å²) < 4.78 is 45.8. The zero-order valence-corrected chi connectivity index (χ0v) is 11.8. The van der Waals surface area contributed by atoms with E-state index in [1.165, 1.54) is 25.3 Å². The van der Waals surface area contributed by atoms with E-state index >= 15 is 0 Å². The van der Waals surface area contributed by atoms with Gasteiger partial charge in [-0.25, -0.2) is 0 Å². The summed E-state index contributed by atoms with van der Waals surface area (Å²) in [5.74, 6) is 0.365. The number of nitrogens with one attached hydrogen (secondary N) is 1. The van der Waals surface area contributed by atoms with Crippen LogP contribution in [0.1, 0.15) is 30.9 Å². The van der Waals surface area contributed by atoms with Crippen LogP contribution in [0.3, 0.4) is 0 Å². The van der Waals surface area contributed by atoms with Crippen LogP contribution in [-0.2, 0) is 0 Å². The molecule has 1 N–H and O–H groups in total. The topological polar surface area (TPSA) is 30.5 Å². The fraction of sp³-hybridized carbons (Fsp3) is 0.538. The highest BCUT2D eigenvalue weighted by molar-refractivity contribution is 5.85. The lowest BCUT2D eigenvalue weighted by molar-refractivity contribution is -0.274. The number of alkyl halides is 3. The minimum atomic E-state index is -4.67. The summed E-state index contributed by atoms with van der Waals surface area (Å²) in [5, 5.41) is 3.28. The molecule has 114 valence electrons. The first-order valence-electron chi connectivity index (χ1n) is 6.16. The molecule has 0 amide bonds. The number of benzene rings is 1. The lowest BCUT2D eigenvalue weighted by Gasteiger charge is -2.25. The molecule has 1 heterocycles. The van der Waals surface area contributed by atoms with E-state index in [1.54, 1.807) is 0 Å². The molecule has 1 atom stereocenters. The average Bonchev–Trinajstić information content (AvgIpc) is 2.38. The van der Waals surface area contributed by atoms with Crippen LogP contribution in [0.25, 0.3) is 0 Å². The van der Waals surface area contributed by atoms with E-state index in [1.807, 2.05) is 0 Å². The molecule has 20 heavy (non-hydrogen) atoms. The van der Waals surface area contributed by atoms with Crippen LogP contribution < -0.4 is 14.8 Å². The van der Waals surface area contributed by atoms with Crippen LogP contribution in [0.4, 0.5) is 13.2 Å². The van der Waals surface area contributed by atoms with E-state index < -0.39 is 6.36 Å². The van der Waals surface area contributed by atoms with Gasteiger partial charge < -0.3 is 14.8 Å².